The van der Waals surface area contributed by atoms with Gasteiger partial charge in [0.15, 0.2) is 0 Å². The van der Waals surface area contributed by atoms with Crippen LogP contribution in [-0.4, -0.2) is 16.9 Å². The van der Waals surface area contributed by atoms with Gasteiger partial charge in [0, 0.05) is 11.8 Å². The van der Waals surface area contributed by atoms with E-state index in [9.17, 15) is 0 Å². The first-order chi connectivity index (χ1) is 9.38. The number of ether oxygens (including phenoxy) is 1. The van der Waals surface area contributed by atoms with Crippen LogP contribution in [0.15, 0.2) is 66.9 Å². The van der Waals surface area contributed by atoms with Gasteiger partial charge >= 0.3 is 0 Å². The summed E-state index contributed by atoms with van der Waals surface area (Å²) in [5.74, 6) is 0.810. The Kier molecular flexibility index (Phi) is 3.02. The van der Waals surface area contributed by atoms with Crippen LogP contribution >= 0.6 is 0 Å². The highest BCUT2D eigenvalue weighted by Gasteiger charge is 2.07. The van der Waals surface area contributed by atoms with Gasteiger partial charge < -0.3 is 4.74 Å². The highest BCUT2D eigenvalue weighted by Crippen LogP contribution is 2.23. The molecule has 3 heteroatoms. The summed E-state index contributed by atoms with van der Waals surface area (Å²) in [7, 11) is 1.67. The highest BCUT2D eigenvalue weighted by atomic mass is 16.5. The van der Waals surface area contributed by atoms with Crippen LogP contribution in [0.5, 0.6) is 5.75 Å². The number of rotatable bonds is 3. The molecular formula is C16H14N2O. The lowest BCUT2D eigenvalue weighted by Crippen LogP contribution is -1.98. The van der Waals surface area contributed by atoms with Gasteiger partial charge in [-0.1, -0.05) is 42.5 Å². The Morgan fingerprint density at radius 3 is 2.42 bits per heavy atom. The van der Waals surface area contributed by atoms with Gasteiger partial charge in [-0.3, -0.25) is 0 Å². The summed E-state index contributed by atoms with van der Waals surface area (Å²) in [6.07, 6.45) is 1.94. The molecule has 2 aromatic carbocycles. The fraction of sp³-hybridized carbons (Fsp3) is 0.0625. The maximum atomic E-state index is 5.35. The fourth-order valence-electron chi connectivity index (χ4n) is 2.04. The Morgan fingerprint density at radius 1 is 0.895 bits per heavy atom. The van der Waals surface area contributed by atoms with Crippen molar-refractivity contribution < 1.29 is 4.74 Å². The number of para-hydroxylation sites is 2. The van der Waals surface area contributed by atoms with Crippen LogP contribution in [0.25, 0.3) is 16.9 Å². The van der Waals surface area contributed by atoms with Crippen molar-refractivity contribution in [1.82, 2.24) is 9.78 Å². The van der Waals surface area contributed by atoms with Gasteiger partial charge in [0.1, 0.15) is 11.4 Å². The van der Waals surface area contributed by atoms with E-state index >= 15 is 0 Å². The van der Waals surface area contributed by atoms with Crippen molar-refractivity contribution in [2.24, 2.45) is 0 Å². The summed E-state index contributed by atoms with van der Waals surface area (Å²) in [5.41, 5.74) is 3.00. The molecule has 94 valence electrons. The maximum Gasteiger partial charge on any atom is 0.144 e. The Morgan fingerprint density at radius 2 is 1.63 bits per heavy atom. The monoisotopic (exact) mass is 250 g/mol. The first-order valence-electron chi connectivity index (χ1n) is 6.13. The highest BCUT2D eigenvalue weighted by molar-refractivity contribution is 5.59. The van der Waals surface area contributed by atoms with E-state index in [1.807, 2.05) is 59.4 Å². The summed E-state index contributed by atoms with van der Waals surface area (Å²) >= 11 is 0. The van der Waals surface area contributed by atoms with Crippen LogP contribution < -0.4 is 4.74 Å². The zero-order valence-electron chi connectivity index (χ0n) is 10.7. The zero-order valence-corrected chi connectivity index (χ0v) is 10.7. The Balaban J connectivity index is 2.02. The van der Waals surface area contributed by atoms with Crippen molar-refractivity contribution in [1.29, 1.82) is 0 Å². The molecule has 1 heterocycles. The van der Waals surface area contributed by atoms with E-state index < -0.39 is 0 Å². The maximum absolute atomic E-state index is 5.35. The van der Waals surface area contributed by atoms with Crippen LogP contribution in [0.3, 0.4) is 0 Å². The summed E-state index contributed by atoms with van der Waals surface area (Å²) in [5, 5.41) is 4.60. The number of nitrogens with zero attached hydrogens (tertiary/aromatic N) is 2. The lowest BCUT2D eigenvalue weighted by Gasteiger charge is -2.07. The molecule has 3 aromatic rings. The van der Waals surface area contributed by atoms with Crippen LogP contribution in [0.1, 0.15) is 0 Å². The van der Waals surface area contributed by atoms with Gasteiger partial charge in [-0.05, 0) is 18.2 Å². The van der Waals surface area contributed by atoms with Gasteiger partial charge in [0.25, 0.3) is 0 Å². The summed E-state index contributed by atoms with van der Waals surface area (Å²) in [4.78, 5) is 0. The zero-order chi connectivity index (χ0) is 13.1. The van der Waals surface area contributed by atoms with E-state index in [1.165, 1.54) is 0 Å². The molecule has 0 fully saturated rings. The van der Waals surface area contributed by atoms with Crippen LogP contribution in [0, 0.1) is 0 Å². The third-order valence-corrected chi connectivity index (χ3v) is 2.99. The van der Waals surface area contributed by atoms with E-state index in [1.54, 1.807) is 7.11 Å². The van der Waals surface area contributed by atoms with Crippen LogP contribution in [0.2, 0.25) is 0 Å². The predicted molar refractivity (Wildman–Crippen MR) is 75.6 cm³/mol. The van der Waals surface area contributed by atoms with E-state index in [2.05, 4.69) is 17.2 Å². The van der Waals surface area contributed by atoms with Crippen molar-refractivity contribution in [3.63, 3.8) is 0 Å². The molecule has 0 atom stereocenters. The van der Waals surface area contributed by atoms with Gasteiger partial charge in [-0.2, -0.15) is 5.10 Å². The van der Waals surface area contributed by atoms with Crippen LogP contribution in [-0.2, 0) is 0 Å². The standard InChI is InChI=1S/C16H14N2O/c1-19-16-10-6-5-9-15(16)18-12-11-14(17-18)13-7-3-2-4-8-13/h2-12H,1H3. The molecule has 3 rings (SSSR count). The lowest BCUT2D eigenvalue weighted by atomic mass is 10.2. The second-order valence-corrected chi connectivity index (χ2v) is 4.18. The number of hydrogen-bond acceptors (Lipinski definition) is 2. The van der Waals surface area contributed by atoms with Gasteiger partial charge in [0.2, 0.25) is 0 Å². The first kappa shape index (κ1) is 11.5. The molecule has 3 nitrogen and oxygen atoms in total. The lowest BCUT2D eigenvalue weighted by molar-refractivity contribution is 0.412. The summed E-state index contributed by atoms with van der Waals surface area (Å²) in [6, 6.07) is 20.0. The average Bonchev–Trinajstić information content (AvgIpc) is 2.98. The molecule has 0 unspecified atom stereocenters. The number of hydrogen-bond donors (Lipinski definition) is 0. The Labute approximate surface area is 112 Å². The Hall–Kier alpha value is -2.55. The van der Waals surface area contributed by atoms with Crippen LogP contribution in [0.4, 0.5) is 0 Å². The average molecular weight is 250 g/mol. The molecule has 0 amide bonds. The SMILES string of the molecule is COc1ccccc1-n1ccc(-c2ccccc2)n1. The molecule has 0 saturated heterocycles. The quantitative estimate of drug-likeness (QED) is 0.710. The normalized spacial score (nSPS) is 10.4. The van der Waals surface area contributed by atoms with Crippen molar-refractivity contribution in [3.8, 4) is 22.7 Å². The second kappa shape index (κ2) is 4.98. The fourth-order valence-corrected chi connectivity index (χ4v) is 2.04. The number of benzene rings is 2. The van der Waals surface area contributed by atoms with Crippen molar-refractivity contribution in [2.75, 3.05) is 7.11 Å². The van der Waals surface area contributed by atoms with Crippen molar-refractivity contribution >= 4 is 0 Å². The molecule has 0 radical (unpaired) electrons. The topological polar surface area (TPSA) is 27.1 Å². The van der Waals surface area contributed by atoms with E-state index in [4.69, 9.17) is 4.74 Å². The first-order valence-corrected chi connectivity index (χ1v) is 6.13. The number of methoxy groups -OCH3 is 1. The molecule has 0 N–H and O–H groups in total. The van der Waals surface area contributed by atoms with Gasteiger partial charge in [-0.25, -0.2) is 4.68 Å². The minimum absolute atomic E-state index is 0.810. The van der Waals surface area contributed by atoms with Crippen molar-refractivity contribution in [2.45, 2.75) is 0 Å². The second-order valence-electron chi connectivity index (χ2n) is 4.18. The molecule has 0 aliphatic rings. The van der Waals surface area contributed by atoms with E-state index in [0.717, 1.165) is 22.7 Å². The molecule has 0 bridgehead atoms. The minimum atomic E-state index is 0.810. The smallest absolute Gasteiger partial charge is 0.144 e. The predicted octanol–water partition coefficient (Wildman–Crippen LogP) is 3.55. The molecule has 0 saturated carbocycles. The molecular weight excluding hydrogens is 236 g/mol. The summed E-state index contributed by atoms with van der Waals surface area (Å²) in [6.45, 7) is 0. The minimum Gasteiger partial charge on any atom is -0.494 e. The molecule has 19 heavy (non-hydrogen) atoms. The van der Waals surface area contributed by atoms with E-state index in [-0.39, 0.29) is 0 Å². The molecule has 1 aromatic heterocycles. The third-order valence-electron chi connectivity index (χ3n) is 2.99. The van der Waals surface area contributed by atoms with Gasteiger partial charge in [0.05, 0.1) is 12.8 Å². The van der Waals surface area contributed by atoms with Gasteiger partial charge in [-0.15, -0.1) is 0 Å². The molecule has 0 aliphatic carbocycles. The van der Waals surface area contributed by atoms with Crippen molar-refractivity contribution in [3.05, 3.63) is 66.9 Å². The summed E-state index contributed by atoms with van der Waals surface area (Å²) < 4.78 is 7.19. The van der Waals surface area contributed by atoms with E-state index in [0.29, 0.717) is 0 Å². The third kappa shape index (κ3) is 2.22. The Bertz CT molecular complexity index is 674. The largest absolute Gasteiger partial charge is 0.494 e. The molecule has 0 spiro atoms. The number of aromatic nitrogens is 2. The molecule has 0 aliphatic heterocycles.